The summed E-state index contributed by atoms with van der Waals surface area (Å²) in [5.74, 6) is -0.391. The fourth-order valence-corrected chi connectivity index (χ4v) is 1.42. The number of esters is 1. The number of rotatable bonds is 5. The predicted octanol–water partition coefficient (Wildman–Crippen LogP) is 1.49. The van der Waals surface area contributed by atoms with Crippen molar-refractivity contribution in [3.8, 4) is 0 Å². The highest BCUT2D eigenvalue weighted by Crippen LogP contribution is 2.15. The van der Waals surface area contributed by atoms with Crippen LogP contribution in [0, 0.1) is 13.8 Å². The van der Waals surface area contributed by atoms with Gasteiger partial charge in [-0.05, 0) is 30.5 Å². The maximum absolute atomic E-state index is 10.8. The molecule has 4 heteroatoms. The lowest BCUT2D eigenvalue weighted by Crippen LogP contribution is -2.20. The second-order valence-electron chi connectivity index (χ2n) is 4.04. The minimum atomic E-state index is -0.391. The zero-order valence-corrected chi connectivity index (χ0v) is 10.5. The van der Waals surface area contributed by atoms with Crippen LogP contribution in [0.5, 0.6) is 0 Å². The molecule has 0 fully saturated rings. The molecule has 0 radical (unpaired) electrons. The van der Waals surface area contributed by atoms with Crippen molar-refractivity contribution >= 4 is 5.97 Å². The molecule has 1 rings (SSSR count). The Labute approximate surface area is 102 Å². The van der Waals surface area contributed by atoms with E-state index in [4.69, 9.17) is 10.5 Å². The number of nitrogens with two attached hydrogens (primary N) is 1. The molecule has 0 bridgehead atoms. The van der Waals surface area contributed by atoms with E-state index in [1.54, 1.807) is 0 Å². The van der Waals surface area contributed by atoms with Gasteiger partial charge in [-0.1, -0.05) is 18.2 Å². The molecule has 0 aromatic heterocycles. The molecule has 1 atom stereocenters. The Kier molecular flexibility index (Phi) is 5.12. The van der Waals surface area contributed by atoms with Gasteiger partial charge in [0.15, 0.2) is 0 Å². The third-order valence-corrected chi connectivity index (χ3v) is 2.70. The van der Waals surface area contributed by atoms with Crippen LogP contribution in [0.4, 0.5) is 0 Å². The summed E-state index contributed by atoms with van der Waals surface area (Å²) in [6.45, 7) is 4.34. The summed E-state index contributed by atoms with van der Waals surface area (Å²) in [6.07, 6.45) is 0. The first-order chi connectivity index (χ1) is 8.04. The summed E-state index contributed by atoms with van der Waals surface area (Å²) >= 11 is 0. The van der Waals surface area contributed by atoms with E-state index in [2.05, 4.69) is 11.7 Å². The summed E-state index contributed by atoms with van der Waals surface area (Å²) in [6, 6.07) is 5.83. The van der Waals surface area contributed by atoms with Gasteiger partial charge in [0.1, 0.15) is 6.61 Å². The van der Waals surface area contributed by atoms with Crippen molar-refractivity contribution < 1.29 is 14.3 Å². The van der Waals surface area contributed by atoms with Crippen LogP contribution in [0.2, 0.25) is 0 Å². The minimum absolute atomic E-state index is 0.0605. The van der Waals surface area contributed by atoms with Gasteiger partial charge in [0.05, 0.1) is 19.8 Å². The van der Waals surface area contributed by atoms with Crippen LogP contribution in [0.15, 0.2) is 18.2 Å². The molecular formula is C13H19NO3. The number of carbonyl (C=O) groups excluding carboxylic acids is 1. The van der Waals surface area contributed by atoms with E-state index >= 15 is 0 Å². The largest absolute Gasteiger partial charge is 0.467 e. The van der Waals surface area contributed by atoms with E-state index in [1.807, 2.05) is 25.1 Å². The van der Waals surface area contributed by atoms with Crippen LogP contribution in [0.25, 0.3) is 0 Å². The topological polar surface area (TPSA) is 61.5 Å². The fourth-order valence-electron chi connectivity index (χ4n) is 1.42. The molecule has 0 aliphatic rings. The third-order valence-electron chi connectivity index (χ3n) is 2.70. The van der Waals surface area contributed by atoms with Gasteiger partial charge < -0.3 is 15.2 Å². The lowest BCUT2D eigenvalue weighted by Gasteiger charge is -2.13. The van der Waals surface area contributed by atoms with Crippen molar-refractivity contribution in [1.82, 2.24) is 0 Å². The molecule has 1 aromatic carbocycles. The zero-order valence-electron chi connectivity index (χ0n) is 10.5. The molecule has 0 aliphatic carbocycles. The van der Waals surface area contributed by atoms with E-state index in [0.717, 1.165) is 5.56 Å². The Balaban J connectivity index is 2.49. The first-order valence-corrected chi connectivity index (χ1v) is 5.52. The molecule has 0 spiro atoms. The highest BCUT2D eigenvalue weighted by molar-refractivity contribution is 5.70. The lowest BCUT2D eigenvalue weighted by molar-refractivity contribution is -0.146. The minimum Gasteiger partial charge on any atom is -0.467 e. The maximum atomic E-state index is 10.8. The monoisotopic (exact) mass is 237 g/mol. The standard InChI is InChI=1S/C13H19NO3/c1-9-4-5-11(6-10(9)2)12(14)7-17-8-13(15)16-3/h4-6,12H,7-8,14H2,1-3H3. The quantitative estimate of drug-likeness (QED) is 0.788. The van der Waals surface area contributed by atoms with Crippen LogP contribution < -0.4 is 5.73 Å². The first-order valence-electron chi connectivity index (χ1n) is 5.52. The SMILES string of the molecule is COC(=O)COCC(N)c1ccc(C)c(C)c1. The predicted molar refractivity (Wildman–Crippen MR) is 65.7 cm³/mol. The summed E-state index contributed by atoms with van der Waals surface area (Å²) in [4.78, 5) is 10.8. The van der Waals surface area contributed by atoms with Gasteiger partial charge in [-0.3, -0.25) is 0 Å². The summed E-state index contributed by atoms with van der Waals surface area (Å²) in [7, 11) is 1.33. The van der Waals surface area contributed by atoms with Crippen molar-refractivity contribution in [3.63, 3.8) is 0 Å². The highest BCUT2D eigenvalue weighted by atomic mass is 16.6. The van der Waals surface area contributed by atoms with Crippen molar-refractivity contribution in [2.45, 2.75) is 19.9 Å². The Hall–Kier alpha value is -1.39. The smallest absolute Gasteiger partial charge is 0.331 e. The lowest BCUT2D eigenvalue weighted by atomic mass is 10.0. The molecule has 1 aromatic rings. The zero-order chi connectivity index (χ0) is 12.8. The van der Waals surface area contributed by atoms with Crippen molar-refractivity contribution in [3.05, 3.63) is 34.9 Å². The maximum Gasteiger partial charge on any atom is 0.331 e. The Morgan fingerprint density at radius 1 is 1.35 bits per heavy atom. The first kappa shape index (κ1) is 13.7. The molecular weight excluding hydrogens is 218 g/mol. The van der Waals surface area contributed by atoms with Crippen molar-refractivity contribution in [2.24, 2.45) is 5.73 Å². The van der Waals surface area contributed by atoms with Crippen LogP contribution >= 0.6 is 0 Å². The van der Waals surface area contributed by atoms with Gasteiger partial charge in [0.2, 0.25) is 0 Å². The Morgan fingerprint density at radius 3 is 2.65 bits per heavy atom. The highest BCUT2D eigenvalue weighted by Gasteiger charge is 2.08. The van der Waals surface area contributed by atoms with E-state index in [9.17, 15) is 4.79 Å². The average Bonchev–Trinajstić information content (AvgIpc) is 2.32. The summed E-state index contributed by atoms with van der Waals surface area (Å²) in [5, 5.41) is 0. The van der Waals surface area contributed by atoms with Crippen LogP contribution in [-0.4, -0.2) is 26.3 Å². The van der Waals surface area contributed by atoms with E-state index in [0.29, 0.717) is 6.61 Å². The molecule has 0 saturated carbocycles. The summed E-state index contributed by atoms with van der Waals surface area (Å²) < 4.78 is 9.64. The van der Waals surface area contributed by atoms with Crippen molar-refractivity contribution in [2.75, 3.05) is 20.3 Å². The molecule has 94 valence electrons. The normalized spacial score (nSPS) is 12.2. The number of ether oxygens (including phenoxy) is 2. The number of hydrogen-bond donors (Lipinski definition) is 1. The van der Waals surface area contributed by atoms with Crippen molar-refractivity contribution in [1.29, 1.82) is 0 Å². The molecule has 17 heavy (non-hydrogen) atoms. The van der Waals surface area contributed by atoms with Gasteiger partial charge in [-0.15, -0.1) is 0 Å². The van der Waals surface area contributed by atoms with Gasteiger partial charge in [0, 0.05) is 0 Å². The number of aryl methyl sites for hydroxylation is 2. The van der Waals surface area contributed by atoms with E-state index in [-0.39, 0.29) is 12.6 Å². The fraction of sp³-hybridized carbons (Fsp3) is 0.462. The van der Waals surface area contributed by atoms with Gasteiger partial charge >= 0.3 is 5.97 Å². The van der Waals surface area contributed by atoms with Gasteiger partial charge in [-0.25, -0.2) is 4.79 Å². The number of hydrogen-bond acceptors (Lipinski definition) is 4. The van der Waals surface area contributed by atoms with Crippen LogP contribution in [0.3, 0.4) is 0 Å². The third kappa shape index (κ3) is 4.17. The molecule has 0 amide bonds. The summed E-state index contributed by atoms with van der Waals surface area (Å²) in [5.41, 5.74) is 9.41. The van der Waals surface area contributed by atoms with E-state index < -0.39 is 5.97 Å². The number of benzene rings is 1. The Bertz CT molecular complexity index is 390. The molecule has 0 heterocycles. The van der Waals surface area contributed by atoms with Gasteiger partial charge in [0.25, 0.3) is 0 Å². The van der Waals surface area contributed by atoms with Crippen LogP contribution in [0.1, 0.15) is 22.7 Å². The molecule has 4 nitrogen and oxygen atoms in total. The molecule has 1 unspecified atom stereocenters. The average molecular weight is 237 g/mol. The molecule has 0 aliphatic heterocycles. The molecule has 2 N–H and O–H groups in total. The number of methoxy groups -OCH3 is 1. The van der Waals surface area contributed by atoms with Crippen LogP contribution in [-0.2, 0) is 14.3 Å². The second kappa shape index (κ2) is 6.37. The Morgan fingerprint density at radius 2 is 2.06 bits per heavy atom. The number of carbonyl (C=O) groups is 1. The van der Waals surface area contributed by atoms with Gasteiger partial charge in [-0.2, -0.15) is 0 Å². The second-order valence-corrected chi connectivity index (χ2v) is 4.04. The molecule has 0 saturated heterocycles. The van der Waals surface area contributed by atoms with E-state index in [1.165, 1.54) is 18.2 Å².